The van der Waals surface area contributed by atoms with Crippen LogP contribution in [0.2, 0.25) is 10.0 Å². The van der Waals surface area contributed by atoms with Crippen LogP contribution in [0.25, 0.3) is 0 Å². The Morgan fingerprint density at radius 1 is 1.39 bits per heavy atom. The van der Waals surface area contributed by atoms with Gasteiger partial charge in [0.15, 0.2) is 5.82 Å². The first kappa shape index (κ1) is 13.7. The van der Waals surface area contributed by atoms with Crippen LogP contribution in [0.4, 0.5) is 11.6 Å². The number of hydrogen-bond acceptors (Lipinski definition) is 5. The Labute approximate surface area is 116 Å². The van der Waals surface area contributed by atoms with E-state index in [1.807, 2.05) is 0 Å². The van der Waals surface area contributed by atoms with Crippen molar-refractivity contribution < 1.29 is 4.74 Å². The number of nitrogens with one attached hydrogen (secondary N) is 2. The standard InChI is InChI=1S/C11H16Cl2N4O/c12-8-6-9(13)11(17-14)16-10(8)15-4-3-7-2-1-5-18-7/h6-7H,1-5,14H2,(H2,15,16,17). The van der Waals surface area contributed by atoms with Crippen molar-refractivity contribution in [1.29, 1.82) is 0 Å². The van der Waals surface area contributed by atoms with E-state index in [0.717, 1.165) is 32.4 Å². The third-order valence-corrected chi connectivity index (χ3v) is 3.43. The van der Waals surface area contributed by atoms with Crippen molar-refractivity contribution >= 4 is 34.8 Å². The van der Waals surface area contributed by atoms with Gasteiger partial charge in [0.1, 0.15) is 5.82 Å². The highest BCUT2D eigenvalue weighted by Gasteiger charge is 2.15. The molecule has 4 N–H and O–H groups in total. The molecule has 5 nitrogen and oxygen atoms in total. The molecule has 1 aromatic heterocycles. The normalized spacial score (nSPS) is 18.9. The molecule has 1 unspecified atom stereocenters. The summed E-state index contributed by atoms with van der Waals surface area (Å²) in [4.78, 5) is 4.20. The van der Waals surface area contributed by atoms with Crippen LogP contribution in [0.3, 0.4) is 0 Å². The van der Waals surface area contributed by atoms with Crippen LogP contribution in [-0.4, -0.2) is 24.2 Å². The molecule has 1 aromatic rings. The minimum Gasteiger partial charge on any atom is -0.378 e. The fraction of sp³-hybridized carbons (Fsp3) is 0.545. The number of ether oxygens (including phenoxy) is 1. The number of hydrazine groups is 1. The van der Waals surface area contributed by atoms with Gasteiger partial charge in [0.2, 0.25) is 0 Å². The molecule has 0 saturated carbocycles. The second-order valence-corrected chi connectivity index (χ2v) is 4.96. The number of nitrogens with two attached hydrogens (primary N) is 1. The van der Waals surface area contributed by atoms with E-state index >= 15 is 0 Å². The fourth-order valence-corrected chi connectivity index (χ4v) is 2.40. The summed E-state index contributed by atoms with van der Waals surface area (Å²) in [6.07, 6.45) is 3.55. The molecule has 100 valence electrons. The lowest BCUT2D eigenvalue weighted by Gasteiger charge is -2.12. The smallest absolute Gasteiger partial charge is 0.161 e. The quantitative estimate of drug-likeness (QED) is 0.574. The molecule has 0 aromatic carbocycles. The summed E-state index contributed by atoms with van der Waals surface area (Å²) >= 11 is 11.9. The largest absolute Gasteiger partial charge is 0.378 e. The lowest BCUT2D eigenvalue weighted by Crippen LogP contribution is -2.15. The van der Waals surface area contributed by atoms with Crippen LogP contribution >= 0.6 is 23.2 Å². The van der Waals surface area contributed by atoms with Gasteiger partial charge >= 0.3 is 0 Å². The van der Waals surface area contributed by atoms with Crippen molar-refractivity contribution in [1.82, 2.24) is 4.98 Å². The summed E-state index contributed by atoms with van der Waals surface area (Å²) in [6, 6.07) is 1.61. The summed E-state index contributed by atoms with van der Waals surface area (Å²) in [5.41, 5.74) is 2.43. The predicted octanol–water partition coefficient (Wildman–Crippen LogP) is 2.66. The maximum Gasteiger partial charge on any atom is 0.161 e. The minimum absolute atomic E-state index is 0.343. The first-order chi connectivity index (χ1) is 8.70. The molecule has 0 bridgehead atoms. The summed E-state index contributed by atoms with van der Waals surface area (Å²) in [6.45, 7) is 1.62. The van der Waals surface area contributed by atoms with Crippen LogP contribution in [0.15, 0.2) is 6.07 Å². The van der Waals surface area contributed by atoms with Gasteiger partial charge in [-0.05, 0) is 25.3 Å². The predicted molar refractivity (Wildman–Crippen MR) is 74.1 cm³/mol. The molecule has 18 heavy (non-hydrogen) atoms. The monoisotopic (exact) mass is 290 g/mol. The van der Waals surface area contributed by atoms with E-state index in [1.165, 1.54) is 0 Å². The van der Waals surface area contributed by atoms with Crippen LogP contribution in [0, 0.1) is 0 Å². The number of halogens is 2. The van der Waals surface area contributed by atoms with Gasteiger partial charge in [-0.3, -0.25) is 0 Å². The van der Waals surface area contributed by atoms with E-state index in [9.17, 15) is 0 Å². The van der Waals surface area contributed by atoms with Gasteiger partial charge in [-0.15, -0.1) is 0 Å². The van der Waals surface area contributed by atoms with Gasteiger partial charge in [0, 0.05) is 13.2 Å². The van der Waals surface area contributed by atoms with E-state index < -0.39 is 0 Å². The van der Waals surface area contributed by atoms with E-state index in [0.29, 0.717) is 27.8 Å². The molecule has 1 atom stereocenters. The Kier molecular flexibility index (Phi) is 4.88. The molecule has 2 heterocycles. The molecular formula is C11H16Cl2N4O. The second-order valence-electron chi connectivity index (χ2n) is 4.14. The van der Waals surface area contributed by atoms with E-state index in [1.54, 1.807) is 6.07 Å². The van der Waals surface area contributed by atoms with Crippen molar-refractivity contribution in [2.45, 2.75) is 25.4 Å². The van der Waals surface area contributed by atoms with Crippen LogP contribution < -0.4 is 16.6 Å². The number of rotatable bonds is 5. The van der Waals surface area contributed by atoms with Crippen LogP contribution in [-0.2, 0) is 4.74 Å². The highest BCUT2D eigenvalue weighted by molar-refractivity contribution is 6.37. The van der Waals surface area contributed by atoms with E-state index in [2.05, 4.69) is 15.7 Å². The topological polar surface area (TPSA) is 72.2 Å². The van der Waals surface area contributed by atoms with Gasteiger partial charge in [-0.1, -0.05) is 23.2 Å². The molecule has 0 aliphatic carbocycles. The molecule has 0 amide bonds. The summed E-state index contributed by atoms with van der Waals surface area (Å²) in [5.74, 6) is 6.29. The molecule has 7 heteroatoms. The Morgan fingerprint density at radius 2 is 2.17 bits per heavy atom. The summed E-state index contributed by atoms with van der Waals surface area (Å²) < 4.78 is 5.54. The number of aromatic nitrogens is 1. The van der Waals surface area contributed by atoms with Gasteiger partial charge in [-0.2, -0.15) is 0 Å². The van der Waals surface area contributed by atoms with Gasteiger partial charge < -0.3 is 15.5 Å². The molecule has 1 saturated heterocycles. The molecule has 2 rings (SSSR count). The Hall–Kier alpha value is -0.750. The lowest BCUT2D eigenvalue weighted by molar-refractivity contribution is 0.107. The van der Waals surface area contributed by atoms with E-state index in [-0.39, 0.29) is 0 Å². The molecule has 1 fully saturated rings. The van der Waals surface area contributed by atoms with Crippen molar-refractivity contribution in [2.75, 3.05) is 23.9 Å². The number of hydrogen-bond donors (Lipinski definition) is 3. The van der Waals surface area contributed by atoms with Crippen molar-refractivity contribution in [3.05, 3.63) is 16.1 Å². The number of pyridine rings is 1. The number of anilines is 2. The van der Waals surface area contributed by atoms with Gasteiger partial charge in [-0.25, -0.2) is 10.8 Å². The first-order valence-corrected chi connectivity index (χ1v) is 6.64. The summed E-state index contributed by atoms with van der Waals surface area (Å²) in [7, 11) is 0. The number of nitrogen functional groups attached to an aromatic ring is 1. The Balaban J connectivity index is 1.91. The average Bonchev–Trinajstić information content (AvgIpc) is 2.85. The highest BCUT2D eigenvalue weighted by Crippen LogP contribution is 2.28. The second kappa shape index (κ2) is 6.43. The third-order valence-electron chi connectivity index (χ3n) is 2.85. The fourth-order valence-electron chi connectivity index (χ4n) is 1.92. The number of nitrogens with zero attached hydrogens (tertiary/aromatic N) is 1. The van der Waals surface area contributed by atoms with Crippen molar-refractivity contribution in [3.8, 4) is 0 Å². The Morgan fingerprint density at radius 3 is 2.83 bits per heavy atom. The first-order valence-electron chi connectivity index (χ1n) is 5.89. The molecule has 1 aliphatic heterocycles. The zero-order valence-corrected chi connectivity index (χ0v) is 11.4. The third kappa shape index (κ3) is 3.38. The van der Waals surface area contributed by atoms with E-state index in [4.69, 9.17) is 33.8 Å². The Bertz CT molecular complexity index is 410. The average molecular weight is 291 g/mol. The zero-order chi connectivity index (χ0) is 13.0. The van der Waals surface area contributed by atoms with Gasteiger partial charge in [0.05, 0.1) is 16.1 Å². The molecule has 0 radical (unpaired) electrons. The van der Waals surface area contributed by atoms with Crippen molar-refractivity contribution in [3.63, 3.8) is 0 Å². The molecule has 0 spiro atoms. The summed E-state index contributed by atoms with van der Waals surface area (Å²) in [5, 5.41) is 4.04. The zero-order valence-electron chi connectivity index (χ0n) is 9.88. The molecular weight excluding hydrogens is 275 g/mol. The molecule has 1 aliphatic rings. The minimum atomic E-state index is 0.343. The van der Waals surface area contributed by atoms with Crippen molar-refractivity contribution in [2.24, 2.45) is 5.84 Å². The maximum atomic E-state index is 6.04. The maximum absolute atomic E-state index is 6.04. The highest BCUT2D eigenvalue weighted by atomic mass is 35.5. The van der Waals surface area contributed by atoms with Crippen LogP contribution in [0.5, 0.6) is 0 Å². The van der Waals surface area contributed by atoms with Crippen LogP contribution in [0.1, 0.15) is 19.3 Å². The van der Waals surface area contributed by atoms with Gasteiger partial charge in [0.25, 0.3) is 0 Å². The lowest BCUT2D eigenvalue weighted by atomic mass is 10.2. The SMILES string of the molecule is NNc1nc(NCCC2CCCO2)c(Cl)cc1Cl.